The van der Waals surface area contributed by atoms with Crippen LogP contribution in [0.25, 0.3) is 0 Å². The van der Waals surface area contributed by atoms with Crippen molar-refractivity contribution >= 4 is 34.5 Å². The van der Waals surface area contributed by atoms with Crippen LogP contribution in [0.3, 0.4) is 0 Å². The molecule has 0 saturated heterocycles. The molecular weight excluding hydrogens is 357 g/mol. The summed E-state index contributed by atoms with van der Waals surface area (Å²) in [5, 5.41) is 12.0. The molecule has 0 saturated carbocycles. The molecule has 0 spiro atoms. The highest BCUT2D eigenvalue weighted by Gasteiger charge is 2.35. The van der Waals surface area contributed by atoms with E-state index in [4.69, 9.17) is 0 Å². The normalized spacial score (nSPS) is 11.1. The Hall–Kier alpha value is -1.11. The highest BCUT2D eigenvalue weighted by Crippen LogP contribution is 2.26. The minimum absolute atomic E-state index is 0.152. The standard InChI is InChI=1S/C14H18INO3/c1-3-14(4-2,13(18)19)9-16-12(17)10-7-5-6-8-11(10)15/h5-8H,3-4,9H2,1-2H3,(H,16,17)(H,18,19). The van der Waals surface area contributed by atoms with Gasteiger partial charge in [0.2, 0.25) is 0 Å². The second-order valence-corrected chi connectivity index (χ2v) is 5.62. The van der Waals surface area contributed by atoms with Gasteiger partial charge in [-0.2, -0.15) is 0 Å². The lowest BCUT2D eigenvalue weighted by Gasteiger charge is -2.26. The van der Waals surface area contributed by atoms with Crippen LogP contribution >= 0.6 is 22.6 Å². The summed E-state index contributed by atoms with van der Waals surface area (Å²) in [6.07, 6.45) is 0.982. The third-order valence-corrected chi connectivity index (χ3v) is 4.45. The van der Waals surface area contributed by atoms with Crippen LogP contribution < -0.4 is 5.32 Å². The van der Waals surface area contributed by atoms with Gasteiger partial charge in [0.05, 0.1) is 11.0 Å². The molecule has 0 aliphatic rings. The van der Waals surface area contributed by atoms with Gasteiger partial charge in [-0.25, -0.2) is 0 Å². The molecule has 1 aromatic carbocycles. The van der Waals surface area contributed by atoms with Crippen LogP contribution in [0.2, 0.25) is 0 Å². The van der Waals surface area contributed by atoms with Gasteiger partial charge in [-0.15, -0.1) is 0 Å². The number of nitrogens with one attached hydrogen (secondary N) is 1. The smallest absolute Gasteiger partial charge is 0.311 e. The summed E-state index contributed by atoms with van der Waals surface area (Å²) >= 11 is 2.09. The number of hydrogen-bond acceptors (Lipinski definition) is 2. The number of carbonyl (C=O) groups is 2. The SMILES string of the molecule is CCC(CC)(CNC(=O)c1ccccc1I)C(=O)O. The highest BCUT2D eigenvalue weighted by molar-refractivity contribution is 14.1. The van der Waals surface area contributed by atoms with Gasteiger partial charge in [-0.1, -0.05) is 26.0 Å². The molecule has 104 valence electrons. The number of carbonyl (C=O) groups excluding carboxylic acids is 1. The number of carboxylic acid groups (broad SMARTS) is 1. The van der Waals surface area contributed by atoms with Gasteiger partial charge < -0.3 is 10.4 Å². The number of rotatable bonds is 6. The zero-order valence-corrected chi connectivity index (χ0v) is 13.2. The maximum atomic E-state index is 12.1. The Bertz CT molecular complexity index is 470. The minimum atomic E-state index is -0.879. The molecule has 0 fully saturated rings. The molecule has 1 amide bonds. The quantitative estimate of drug-likeness (QED) is 0.752. The third kappa shape index (κ3) is 3.68. The lowest BCUT2D eigenvalue weighted by Crippen LogP contribution is -2.42. The van der Waals surface area contributed by atoms with Gasteiger partial charge in [0, 0.05) is 10.1 Å². The second kappa shape index (κ2) is 6.88. The van der Waals surface area contributed by atoms with Gasteiger partial charge in [-0.05, 0) is 47.6 Å². The first-order valence-corrected chi connectivity index (χ1v) is 7.31. The van der Waals surface area contributed by atoms with E-state index < -0.39 is 11.4 Å². The van der Waals surface area contributed by atoms with Crippen LogP contribution in [0.1, 0.15) is 37.0 Å². The number of hydrogen-bond donors (Lipinski definition) is 2. The number of amides is 1. The summed E-state index contributed by atoms with van der Waals surface area (Å²) < 4.78 is 0.853. The molecule has 19 heavy (non-hydrogen) atoms. The number of benzene rings is 1. The third-order valence-electron chi connectivity index (χ3n) is 3.51. The van der Waals surface area contributed by atoms with Crippen LogP contribution in [0, 0.1) is 8.99 Å². The Kier molecular flexibility index (Phi) is 5.78. The van der Waals surface area contributed by atoms with Gasteiger partial charge in [0.25, 0.3) is 5.91 Å². The first-order chi connectivity index (χ1) is 8.96. The van der Waals surface area contributed by atoms with Crippen molar-refractivity contribution < 1.29 is 14.7 Å². The van der Waals surface area contributed by atoms with Crippen molar-refractivity contribution in [3.63, 3.8) is 0 Å². The molecule has 0 radical (unpaired) electrons. The molecule has 0 atom stereocenters. The van der Waals surface area contributed by atoms with E-state index in [9.17, 15) is 14.7 Å². The van der Waals surface area contributed by atoms with E-state index in [2.05, 4.69) is 27.9 Å². The predicted molar refractivity (Wildman–Crippen MR) is 82.1 cm³/mol. The van der Waals surface area contributed by atoms with Crippen molar-refractivity contribution in [3.8, 4) is 0 Å². The summed E-state index contributed by atoms with van der Waals surface area (Å²) in [6, 6.07) is 7.23. The topological polar surface area (TPSA) is 66.4 Å². The summed E-state index contributed by atoms with van der Waals surface area (Å²) in [4.78, 5) is 23.4. The molecule has 2 N–H and O–H groups in total. The van der Waals surface area contributed by atoms with E-state index in [-0.39, 0.29) is 12.5 Å². The fraction of sp³-hybridized carbons (Fsp3) is 0.429. The summed E-state index contributed by atoms with van der Waals surface area (Å²) in [5.74, 6) is -1.09. The summed E-state index contributed by atoms with van der Waals surface area (Å²) in [5.41, 5.74) is -0.301. The highest BCUT2D eigenvalue weighted by atomic mass is 127. The monoisotopic (exact) mass is 375 g/mol. The van der Waals surface area contributed by atoms with Gasteiger partial charge in [0.15, 0.2) is 0 Å². The van der Waals surface area contributed by atoms with Gasteiger partial charge >= 0.3 is 5.97 Å². The first kappa shape index (κ1) is 15.9. The Morgan fingerprint density at radius 2 is 1.84 bits per heavy atom. The molecule has 0 aliphatic carbocycles. The molecule has 0 unspecified atom stereocenters. The molecule has 0 aromatic heterocycles. The molecule has 0 heterocycles. The zero-order chi connectivity index (χ0) is 14.5. The zero-order valence-electron chi connectivity index (χ0n) is 11.1. The average Bonchev–Trinajstić information content (AvgIpc) is 2.40. The fourth-order valence-corrected chi connectivity index (χ4v) is 2.50. The largest absolute Gasteiger partial charge is 0.481 e. The lowest BCUT2D eigenvalue weighted by molar-refractivity contribution is -0.149. The Morgan fingerprint density at radius 3 is 2.32 bits per heavy atom. The van der Waals surface area contributed by atoms with E-state index in [0.29, 0.717) is 18.4 Å². The van der Waals surface area contributed by atoms with Crippen molar-refractivity contribution in [2.75, 3.05) is 6.54 Å². The minimum Gasteiger partial charge on any atom is -0.481 e. The maximum absolute atomic E-state index is 12.1. The Labute approximate surface area is 126 Å². The van der Waals surface area contributed by atoms with E-state index in [0.717, 1.165) is 3.57 Å². The molecule has 0 bridgehead atoms. The average molecular weight is 375 g/mol. The van der Waals surface area contributed by atoms with E-state index in [1.807, 2.05) is 26.0 Å². The van der Waals surface area contributed by atoms with Crippen molar-refractivity contribution in [3.05, 3.63) is 33.4 Å². The van der Waals surface area contributed by atoms with Crippen LogP contribution in [-0.4, -0.2) is 23.5 Å². The maximum Gasteiger partial charge on any atom is 0.311 e. The van der Waals surface area contributed by atoms with Crippen molar-refractivity contribution in [1.82, 2.24) is 5.32 Å². The number of halogens is 1. The first-order valence-electron chi connectivity index (χ1n) is 6.23. The summed E-state index contributed by atoms with van der Waals surface area (Å²) in [6.45, 7) is 3.81. The van der Waals surface area contributed by atoms with Gasteiger partial charge in [0.1, 0.15) is 0 Å². The van der Waals surface area contributed by atoms with Crippen molar-refractivity contribution in [2.24, 2.45) is 5.41 Å². The van der Waals surface area contributed by atoms with Crippen LogP contribution in [0.4, 0.5) is 0 Å². The van der Waals surface area contributed by atoms with Crippen molar-refractivity contribution in [2.45, 2.75) is 26.7 Å². The molecule has 1 rings (SSSR count). The number of aliphatic carboxylic acids is 1. The van der Waals surface area contributed by atoms with Crippen molar-refractivity contribution in [1.29, 1.82) is 0 Å². The predicted octanol–water partition coefficient (Wildman–Crippen LogP) is 2.91. The summed E-state index contributed by atoms with van der Waals surface area (Å²) in [7, 11) is 0. The Balaban J connectivity index is 2.79. The molecular formula is C14H18INO3. The molecule has 5 heteroatoms. The van der Waals surface area contributed by atoms with Gasteiger partial charge in [-0.3, -0.25) is 9.59 Å². The molecule has 0 aliphatic heterocycles. The molecule has 1 aromatic rings. The van der Waals surface area contributed by atoms with E-state index in [1.54, 1.807) is 12.1 Å². The number of carboxylic acids is 1. The van der Waals surface area contributed by atoms with E-state index >= 15 is 0 Å². The fourth-order valence-electron chi connectivity index (χ4n) is 1.87. The van der Waals surface area contributed by atoms with Crippen LogP contribution in [0.15, 0.2) is 24.3 Å². The van der Waals surface area contributed by atoms with E-state index in [1.165, 1.54) is 0 Å². The van der Waals surface area contributed by atoms with Crippen LogP contribution in [0.5, 0.6) is 0 Å². The Morgan fingerprint density at radius 1 is 1.26 bits per heavy atom. The molecule has 4 nitrogen and oxygen atoms in total. The lowest BCUT2D eigenvalue weighted by atomic mass is 9.82. The second-order valence-electron chi connectivity index (χ2n) is 4.46. The van der Waals surface area contributed by atoms with Crippen LogP contribution in [-0.2, 0) is 4.79 Å².